The van der Waals surface area contributed by atoms with Crippen molar-refractivity contribution in [2.75, 3.05) is 20.3 Å². The summed E-state index contributed by atoms with van der Waals surface area (Å²) in [6.45, 7) is 2.26. The number of carboxylic acids is 1. The Balaban J connectivity index is 2.19. The summed E-state index contributed by atoms with van der Waals surface area (Å²) in [7, 11) is 1.55. The molecule has 0 aromatic heterocycles. The van der Waals surface area contributed by atoms with Gasteiger partial charge in [0.2, 0.25) is 0 Å². The van der Waals surface area contributed by atoms with Gasteiger partial charge in [-0.25, -0.2) is 0 Å². The van der Waals surface area contributed by atoms with Crippen molar-refractivity contribution in [2.45, 2.75) is 19.8 Å². The van der Waals surface area contributed by atoms with E-state index in [9.17, 15) is 9.59 Å². The Morgan fingerprint density at radius 1 is 1.40 bits per heavy atom. The molecule has 134 valence electrons. The Morgan fingerprint density at radius 2 is 2.16 bits per heavy atom. The van der Waals surface area contributed by atoms with Gasteiger partial charge in [-0.1, -0.05) is 43.4 Å². The number of benzene rings is 1. The number of rotatable bonds is 8. The molecule has 1 N–H and O–H groups in total. The molecule has 8 heteroatoms. The maximum absolute atomic E-state index is 12.3. The molecule has 1 aliphatic heterocycles. The Labute approximate surface area is 155 Å². The van der Waals surface area contributed by atoms with Gasteiger partial charge in [0.25, 0.3) is 5.91 Å². The first kappa shape index (κ1) is 19.3. The second-order valence-corrected chi connectivity index (χ2v) is 6.95. The molecule has 0 aliphatic carbocycles. The summed E-state index contributed by atoms with van der Waals surface area (Å²) in [5.41, 5.74) is 0.746. The molecule has 1 fully saturated rings. The lowest BCUT2D eigenvalue weighted by Crippen LogP contribution is -2.33. The van der Waals surface area contributed by atoms with Gasteiger partial charge in [-0.15, -0.1) is 0 Å². The van der Waals surface area contributed by atoms with E-state index in [1.165, 1.54) is 0 Å². The number of aliphatic carboxylic acids is 1. The van der Waals surface area contributed by atoms with Gasteiger partial charge < -0.3 is 14.6 Å². The van der Waals surface area contributed by atoms with Crippen molar-refractivity contribution in [1.82, 2.24) is 4.90 Å². The summed E-state index contributed by atoms with van der Waals surface area (Å²) in [4.78, 5) is 24.6. The van der Waals surface area contributed by atoms with Crippen LogP contribution in [0.4, 0.5) is 0 Å². The van der Waals surface area contributed by atoms with E-state index in [1.807, 2.05) is 6.07 Å². The van der Waals surface area contributed by atoms with Crippen molar-refractivity contribution < 1.29 is 24.2 Å². The minimum atomic E-state index is -1.10. The number of thioether (sulfide) groups is 1. The molecule has 6 nitrogen and oxygen atoms in total. The van der Waals surface area contributed by atoms with E-state index in [1.54, 1.807) is 25.3 Å². The fraction of sp³-hybridized carbons (Fsp3) is 0.353. The number of hydrogen-bond acceptors (Lipinski definition) is 6. The molecule has 1 saturated heterocycles. The molecule has 25 heavy (non-hydrogen) atoms. The van der Waals surface area contributed by atoms with Crippen LogP contribution in [0.15, 0.2) is 23.1 Å². The Morgan fingerprint density at radius 3 is 2.80 bits per heavy atom. The second kappa shape index (κ2) is 8.87. The molecule has 1 aliphatic rings. The smallest absolute Gasteiger partial charge is 0.323 e. The topological polar surface area (TPSA) is 76.1 Å². The van der Waals surface area contributed by atoms with Crippen molar-refractivity contribution in [3.63, 3.8) is 0 Å². The lowest BCUT2D eigenvalue weighted by molar-refractivity contribution is -0.140. The van der Waals surface area contributed by atoms with Gasteiger partial charge in [-0.3, -0.25) is 14.5 Å². The lowest BCUT2D eigenvalue weighted by Gasteiger charge is -2.11. The zero-order valence-corrected chi connectivity index (χ0v) is 15.6. The van der Waals surface area contributed by atoms with Crippen molar-refractivity contribution in [3.05, 3.63) is 28.7 Å². The highest BCUT2D eigenvalue weighted by Gasteiger charge is 2.33. The van der Waals surface area contributed by atoms with Crippen molar-refractivity contribution in [3.8, 4) is 11.5 Å². The molecule has 0 bridgehead atoms. The normalized spacial score (nSPS) is 15.8. The standard InChI is InChI=1S/C17H19NO5S2/c1-3-4-7-23-12-6-5-11(8-13(12)22-2)9-14-16(21)18(10-15(19)20)17(24)25-14/h5-6,8-9H,3-4,7,10H2,1-2H3,(H,19,20)/b14-9+. The summed E-state index contributed by atoms with van der Waals surface area (Å²) in [6.07, 6.45) is 3.66. The van der Waals surface area contributed by atoms with Crippen LogP contribution in [0.1, 0.15) is 25.3 Å². The van der Waals surface area contributed by atoms with Crippen molar-refractivity contribution in [2.24, 2.45) is 0 Å². The highest BCUT2D eigenvalue weighted by atomic mass is 32.2. The summed E-state index contributed by atoms with van der Waals surface area (Å²) < 4.78 is 11.3. The highest BCUT2D eigenvalue weighted by Crippen LogP contribution is 2.34. The number of thiocarbonyl (C=S) groups is 1. The quantitative estimate of drug-likeness (QED) is 0.421. The number of methoxy groups -OCH3 is 1. The third-order valence-electron chi connectivity index (χ3n) is 3.41. The SMILES string of the molecule is CCCCOc1ccc(/C=C2/SC(=S)N(CC(=O)O)C2=O)cc1OC. The Hall–Kier alpha value is -2.06. The molecule has 1 aromatic carbocycles. The lowest BCUT2D eigenvalue weighted by atomic mass is 10.2. The van der Waals surface area contributed by atoms with Crippen molar-refractivity contribution in [1.29, 1.82) is 0 Å². The molecular weight excluding hydrogens is 362 g/mol. The Kier molecular flexibility index (Phi) is 6.83. The zero-order valence-electron chi connectivity index (χ0n) is 14.0. The van der Waals surface area contributed by atoms with Crippen LogP contribution in [0.3, 0.4) is 0 Å². The summed E-state index contributed by atoms with van der Waals surface area (Å²) in [6, 6.07) is 5.37. The van der Waals surface area contributed by atoms with Gasteiger partial charge in [0.05, 0.1) is 18.6 Å². The number of amides is 1. The van der Waals surface area contributed by atoms with Crippen LogP contribution in [0.2, 0.25) is 0 Å². The fourth-order valence-electron chi connectivity index (χ4n) is 2.14. The van der Waals surface area contributed by atoms with Crippen LogP contribution in [0.25, 0.3) is 6.08 Å². The molecule has 0 spiro atoms. The number of ether oxygens (including phenoxy) is 2. The number of carbonyl (C=O) groups is 2. The van der Waals surface area contributed by atoms with Gasteiger partial charge in [-0.05, 0) is 30.2 Å². The van der Waals surface area contributed by atoms with Gasteiger partial charge >= 0.3 is 5.97 Å². The molecule has 0 saturated carbocycles. The second-order valence-electron chi connectivity index (χ2n) is 5.27. The van der Waals surface area contributed by atoms with E-state index in [0.717, 1.165) is 35.1 Å². The van der Waals surface area contributed by atoms with E-state index in [0.29, 0.717) is 23.0 Å². The summed E-state index contributed by atoms with van der Waals surface area (Å²) >= 11 is 6.16. The van der Waals surface area contributed by atoms with Crippen LogP contribution in [-0.2, 0) is 9.59 Å². The molecule has 2 rings (SSSR count). The number of nitrogens with zero attached hydrogens (tertiary/aromatic N) is 1. The average molecular weight is 381 g/mol. The van der Waals surface area contributed by atoms with E-state index in [2.05, 4.69) is 6.92 Å². The fourth-order valence-corrected chi connectivity index (χ4v) is 3.40. The predicted molar refractivity (Wildman–Crippen MR) is 101 cm³/mol. The molecular formula is C17H19NO5S2. The highest BCUT2D eigenvalue weighted by molar-refractivity contribution is 8.26. The predicted octanol–water partition coefficient (Wildman–Crippen LogP) is 3.16. The summed E-state index contributed by atoms with van der Waals surface area (Å²) in [5.74, 6) is -0.287. The number of carboxylic acid groups (broad SMARTS) is 1. The maximum atomic E-state index is 12.3. The number of hydrogen-bond donors (Lipinski definition) is 1. The number of unbranched alkanes of at least 4 members (excludes halogenated alkanes) is 1. The van der Waals surface area contributed by atoms with Crippen LogP contribution >= 0.6 is 24.0 Å². The minimum absolute atomic E-state index is 0.241. The largest absolute Gasteiger partial charge is 0.493 e. The zero-order chi connectivity index (χ0) is 18.4. The molecule has 1 aromatic rings. The van der Waals surface area contributed by atoms with Crippen LogP contribution in [-0.4, -0.2) is 46.5 Å². The first-order chi connectivity index (χ1) is 12.0. The molecule has 0 atom stereocenters. The van der Waals surface area contributed by atoms with E-state index in [-0.39, 0.29) is 4.32 Å². The first-order valence-electron chi connectivity index (χ1n) is 7.74. The van der Waals surface area contributed by atoms with Gasteiger partial charge in [0.15, 0.2) is 11.5 Å². The third-order valence-corrected chi connectivity index (χ3v) is 4.79. The maximum Gasteiger partial charge on any atom is 0.323 e. The van der Waals surface area contributed by atoms with Crippen LogP contribution < -0.4 is 9.47 Å². The monoisotopic (exact) mass is 381 g/mol. The third kappa shape index (κ3) is 4.96. The average Bonchev–Trinajstić information content (AvgIpc) is 2.83. The Bertz CT molecular complexity index is 717. The minimum Gasteiger partial charge on any atom is -0.493 e. The van der Waals surface area contributed by atoms with Crippen LogP contribution in [0, 0.1) is 0 Å². The first-order valence-corrected chi connectivity index (χ1v) is 8.96. The molecule has 0 radical (unpaired) electrons. The molecule has 1 amide bonds. The summed E-state index contributed by atoms with van der Waals surface area (Å²) in [5, 5.41) is 8.86. The van der Waals surface area contributed by atoms with Crippen LogP contribution in [0.5, 0.6) is 11.5 Å². The van der Waals surface area contributed by atoms with Crippen molar-refractivity contribution >= 4 is 46.3 Å². The van der Waals surface area contributed by atoms with Gasteiger partial charge in [0, 0.05) is 0 Å². The van der Waals surface area contributed by atoms with E-state index >= 15 is 0 Å². The van der Waals surface area contributed by atoms with E-state index < -0.39 is 18.4 Å². The van der Waals surface area contributed by atoms with Gasteiger partial charge in [-0.2, -0.15) is 0 Å². The number of carbonyl (C=O) groups excluding carboxylic acids is 1. The van der Waals surface area contributed by atoms with Gasteiger partial charge in [0.1, 0.15) is 10.9 Å². The van der Waals surface area contributed by atoms with E-state index in [4.69, 9.17) is 26.8 Å². The molecule has 1 heterocycles. The molecule has 0 unspecified atom stereocenters.